The number of anilines is 1. The summed E-state index contributed by atoms with van der Waals surface area (Å²) in [4.78, 5) is 12.4. The summed E-state index contributed by atoms with van der Waals surface area (Å²) in [5, 5.41) is 6.88. The maximum absolute atomic E-state index is 12.4. The second-order valence-electron chi connectivity index (χ2n) is 6.18. The summed E-state index contributed by atoms with van der Waals surface area (Å²) < 4.78 is 0. The Bertz CT molecular complexity index is 466. The van der Waals surface area contributed by atoms with Gasteiger partial charge in [0, 0.05) is 23.3 Å². The number of hydrogen-bond donors (Lipinski definition) is 2. The zero-order valence-corrected chi connectivity index (χ0v) is 13.8. The van der Waals surface area contributed by atoms with Crippen molar-refractivity contribution in [2.75, 3.05) is 11.9 Å². The Morgan fingerprint density at radius 2 is 2.00 bits per heavy atom. The maximum atomic E-state index is 12.4. The standard InChI is InChI=1S/C16H25ClN2O/c1-6-9-18-14-8-7-12(17)10-13(14)15(20)19-11(2)16(3,4)5/h7-8,10-11,18H,6,9H2,1-5H3,(H,19,20). The normalized spacial score (nSPS) is 12.9. The van der Waals surface area contributed by atoms with E-state index in [2.05, 4.69) is 38.3 Å². The van der Waals surface area contributed by atoms with Crippen LogP contribution < -0.4 is 10.6 Å². The molecule has 1 aromatic rings. The van der Waals surface area contributed by atoms with Crippen LogP contribution in [0.15, 0.2) is 18.2 Å². The highest BCUT2D eigenvalue weighted by atomic mass is 35.5. The first-order valence-corrected chi connectivity index (χ1v) is 7.47. The van der Waals surface area contributed by atoms with E-state index in [1.165, 1.54) is 0 Å². The number of rotatable bonds is 5. The minimum absolute atomic E-state index is 0.0191. The maximum Gasteiger partial charge on any atom is 0.253 e. The van der Waals surface area contributed by atoms with Gasteiger partial charge in [0.25, 0.3) is 5.91 Å². The van der Waals surface area contributed by atoms with Gasteiger partial charge in [0.05, 0.1) is 5.56 Å². The molecule has 2 N–H and O–H groups in total. The lowest BCUT2D eigenvalue weighted by atomic mass is 9.88. The van der Waals surface area contributed by atoms with Gasteiger partial charge >= 0.3 is 0 Å². The number of halogens is 1. The lowest BCUT2D eigenvalue weighted by molar-refractivity contribution is 0.0911. The number of nitrogens with one attached hydrogen (secondary N) is 2. The number of amides is 1. The number of carbonyl (C=O) groups excluding carboxylic acids is 1. The van der Waals surface area contributed by atoms with Crippen molar-refractivity contribution >= 4 is 23.2 Å². The van der Waals surface area contributed by atoms with Crippen LogP contribution in [0.4, 0.5) is 5.69 Å². The molecule has 0 bridgehead atoms. The quantitative estimate of drug-likeness (QED) is 0.849. The molecule has 3 nitrogen and oxygen atoms in total. The highest BCUT2D eigenvalue weighted by molar-refractivity contribution is 6.31. The fourth-order valence-corrected chi connectivity index (χ4v) is 1.78. The third kappa shape index (κ3) is 4.71. The summed E-state index contributed by atoms with van der Waals surface area (Å²) in [7, 11) is 0. The smallest absolute Gasteiger partial charge is 0.253 e. The van der Waals surface area contributed by atoms with E-state index in [0.29, 0.717) is 10.6 Å². The lowest BCUT2D eigenvalue weighted by Gasteiger charge is -2.28. The highest BCUT2D eigenvalue weighted by Gasteiger charge is 2.23. The lowest BCUT2D eigenvalue weighted by Crippen LogP contribution is -2.41. The van der Waals surface area contributed by atoms with Gasteiger partial charge in [-0.25, -0.2) is 0 Å². The fourth-order valence-electron chi connectivity index (χ4n) is 1.61. The Morgan fingerprint density at radius 1 is 1.35 bits per heavy atom. The molecule has 112 valence electrons. The molecule has 0 aliphatic rings. The number of carbonyl (C=O) groups is 1. The number of hydrogen-bond acceptors (Lipinski definition) is 2. The zero-order valence-electron chi connectivity index (χ0n) is 13.0. The van der Waals surface area contributed by atoms with Gasteiger partial charge in [0.2, 0.25) is 0 Å². The first-order valence-electron chi connectivity index (χ1n) is 7.10. The summed E-state index contributed by atoms with van der Waals surface area (Å²) in [6.07, 6.45) is 1.00. The van der Waals surface area contributed by atoms with Crippen LogP contribution in [-0.4, -0.2) is 18.5 Å². The van der Waals surface area contributed by atoms with Crippen LogP contribution in [0.25, 0.3) is 0 Å². The van der Waals surface area contributed by atoms with Gasteiger partial charge in [0.1, 0.15) is 0 Å². The van der Waals surface area contributed by atoms with Gasteiger partial charge in [-0.15, -0.1) is 0 Å². The van der Waals surface area contributed by atoms with Crippen molar-refractivity contribution < 1.29 is 4.79 Å². The fraction of sp³-hybridized carbons (Fsp3) is 0.562. The highest BCUT2D eigenvalue weighted by Crippen LogP contribution is 2.23. The average molecular weight is 297 g/mol. The summed E-state index contributed by atoms with van der Waals surface area (Å²) in [6, 6.07) is 5.44. The predicted octanol–water partition coefficient (Wildman–Crippen LogP) is 4.33. The molecule has 0 saturated carbocycles. The van der Waals surface area contributed by atoms with Gasteiger partial charge < -0.3 is 10.6 Å². The molecule has 4 heteroatoms. The minimum atomic E-state index is -0.0893. The Labute approximate surface area is 127 Å². The second-order valence-corrected chi connectivity index (χ2v) is 6.61. The second kappa shape index (κ2) is 6.98. The third-order valence-corrected chi connectivity index (χ3v) is 3.67. The SMILES string of the molecule is CCCNc1ccc(Cl)cc1C(=O)NC(C)C(C)(C)C. The Morgan fingerprint density at radius 3 is 2.55 bits per heavy atom. The first kappa shape index (κ1) is 16.8. The van der Waals surface area contributed by atoms with E-state index >= 15 is 0 Å². The van der Waals surface area contributed by atoms with E-state index in [-0.39, 0.29) is 17.4 Å². The third-order valence-electron chi connectivity index (χ3n) is 3.44. The van der Waals surface area contributed by atoms with Gasteiger partial charge in [-0.3, -0.25) is 4.79 Å². The Hall–Kier alpha value is -1.22. The molecule has 1 amide bonds. The summed E-state index contributed by atoms with van der Waals surface area (Å²) in [6.45, 7) is 11.2. The first-order chi connectivity index (χ1) is 9.25. The van der Waals surface area contributed by atoms with E-state index in [1.54, 1.807) is 12.1 Å². The van der Waals surface area contributed by atoms with E-state index in [1.807, 2.05) is 13.0 Å². The van der Waals surface area contributed by atoms with Crippen LogP contribution in [0.1, 0.15) is 51.4 Å². The van der Waals surface area contributed by atoms with Crippen molar-refractivity contribution in [1.29, 1.82) is 0 Å². The Balaban J connectivity index is 2.93. The van der Waals surface area contributed by atoms with Crippen molar-refractivity contribution in [1.82, 2.24) is 5.32 Å². The van der Waals surface area contributed by atoms with Gasteiger partial charge in [-0.2, -0.15) is 0 Å². The summed E-state index contributed by atoms with van der Waals surface area (Å²) in [5.41, 5.74) is 1.45. The zero-order chi connectivity index (χ0) is 15.3. The molecule has 0 aromatic heterocycles. The van der Waals surface area contributed by atoms with Crippen molar-refractivity contribution in [2.45, 2.75) is 47.1 Å². The van der Waals surface area contributed by atoms with Crippen molar-refractivity contribution in [2.24, 2.45) is 5.41 Å². The predicted molar refractivity (Wildman–Crippen MR) is 86.6 cm³/mol. The molecule has 0 spiro atoms. The minimum Gasteiger partial charge on any atom is -0.384 e. The molecule has 1 rings (SSSR count). The molecule has 1 atom stereocenters. The topological polar surface area (TPSA) is 41.1 Å². The molecule has 0 aliphatic heterocycles. The molecule has 0 aliphatic carbocycles. The van der Waals surface area contributed by atoms with E-state index in [0.717, 1.165) is 18.7 Å². The van der Waals surface area contributed by atoms with Crippen molar-refractivity contribution in [3.8, 4) is 0 Å². The summed E-state index contributed by atoms with van der Waals surface area (Å²) in [5.74, 6) is -0.0893. The van der Waals surface area contributed by atoms with E-state index in [9.17, 15) is 4.79 Å². The van der Waals surface area contributed by atoms with Crippen LogP contribution in [0.5, 0.6) is 0 Å². The van der Waals surface area contributed by atoms with E-state index in [4.69, 9.17) is 11.6 Å². The van der Waals surface area contributed by atoms with Gasteiger partial charge in [-0.1, -0.05) is 39.3 Å². The van der Waals surface area contributed by atoms with Crippen LogP contribution in [0, 0.1) is 5.41 Å². The molecule has 20 heavy (non-hydrogen) atoms. The van der Waals surface area contributed by atoms with Crippen molar-refractivity contribution in [3.63, 3.8) is 0 Å². The molecular formula is C16H25ClN2O. The monoisotopic (exact) mass is 296 g/mol. The molecule has 0 saturated heterocycles. The van der Waals surface area contributed by atoms with Gasteiger partial charge in [-0.05, 0) is 37.0 Å². The molecule has 1 aromatic carbocycles. The van der Waals surface area contributed by atoms with Crippen LogP contribution >= 0.6 is 11.6 Å². The van der Waals surface area contributed by atoms with Crippen LogP contribution in [0.2, 0.25) is 5.02 Å². The Kier molecular flexibility index (Phi) is 5.88. The van der Waals surface area contributed by atoms with Crippen LogP contribution in [-0.2, 0) is 0 Å². The van der Waals surface area contributed by atoms with Crippen LogP contribution in [0.3, 0.4) is 0 Å². The molecular weight excluding hydrogens is 272 g/mol. The molecule has 0 radical (unpaired) electrons. The molecule has 1 unspecified atom stereocenters. The number of benzene rings is 1. The average Bonchev–Trinajstić information content (AvgIpc) is 2.36. The molecule has 0 heterocycles. The molecule has 0 fully saturated rings. The van der Waals surface area contributed by atoms with Crippen molar-refractivity contribution in [3.05, 3.63) is 28.8 Å². The largest absolute Gasteiger partial charge is 0.384 e. The van der Waals surface area contributed by atoms with E-state index < -0.39 is 0 Å². The summed E-state index contributed by atoms with van der Waals surface area (Å²) >= 11 is 6.01. The van der Waals surface area contributed by atoms with Gasteiger partial charge in [0.15, 0.2) is 0 Å².